The number of halogens is 3. The second kappa shape index (κ2) is 10.8. The Morgan fingerprint density at radius 3 is 2.65 bits per heavy atom. The van der Waals surface area contributed by atoms with Crippen LogP contribution in [0.1, 0.15) is 45.4 Å². The van der Waals surface area contributed by atoms with Crippen molar-refractivity contribution in [3.05, 3.63) is 18.1 Å². The van der Waals surface area contributed by atoms with Crippen LogP contribution in [-0.4, -0.2) is 73.0 Å². The summed E-state index contributed by atoms with van der Waals surface area (Å²) >= 11 is 0. The molecule has 202 valence electrons. The lowest BCUT2D eigenvalue weighted by atomic mass is 10.2. The van der Waals surface area contributed by atoms with Gasteiger partial charge in [0.25, 0.3) is 0 Å². The van der Waals surface area contributed by atoms with Crippen LogP contribution in [-0.2, 0) is 14.0 Å². The SMILES string of the molecule is CN(C)/C=N/c1ncnc2c1c(C#CNC(=O)C(F)(F)F)cn2[C@H]1CC[C@@H](CO[Si](C)(C)C(C)(C)C)O1. The van der Waals surface area contributed by atoms with Crippen molar-refractivity contribution >= 4 is 37.4 Å². The number of aromatic nitrogens is 3. The molecule has 9 nitrogen and oxygen atoms in total. The Morgan fingerprint density at radius 2 is 2.03 bits per heavy atom. The highest BCUT2D eigenvalue weighted by Crippen LogP contribution is 2.39. The van der Waals surface area contributed by atoms with Crippen LogP contribution >= 0.6 is 0 Å². The minimum Gasteiger partial charge on any atom is -0.414 e. The van der Waals surface area contributed by atoms with E-state index in [0.717, 1.165) is 6.42 Å². The Balaban J connectivity index is 1.91. The van der Waals surface area contributed by atoms with E-state index >= 15 is 0 Å². The zero-order valence-electron chi connectivity index (χ0n) is 22.1. The van der Waals surface area contributed by atoms with Gasteiger partial charge in [-0.05, 0) is 36.9 Å². The number of ether oxygens (including phenoxy) is 1. The molecule has 1 aliphatic heterocycles. The molecule has 1 N–H and O–H groups in total. The van der Waals surface area contributed by atoms with Crippen LogP contribution in [0.4, 0.5) is 19.0 Å². The molecule has 0 aliphatic carbocycles. The highest BCUT2D eigenvalue weighted by Gasteiger charge is 2.39. The number of carbonyl (C=O) groups is 1. The minimum atomic E-state index is -5.04. The van der Waals surface area contributed by atoms with Gasteiger partial charge in [-0.1, -0.05) is 20.8 Å². The molecular weight excluding hydrogens is 505 g/mol. The Kier molecular flexibility index (Phi) is 8.36. The third-order valence-corrected chi connectivity index (χ3v) is 11.0. The molecule has 2 aromatic rings. The van der Waals surface area contributed by atoms with Crippen LogP contribution < -0.4 is 5.32 Å². The molecule has 0 saturated carbocycles. The van der Waals surface area contributed by atoms with Crippen LogP contribution in [0, 0.1) is 12.0 Å². The number of alkyl halides is 3. The Labute approximate surface area is 215 Å². The quantitative estimate of drug-likeness (QED) is 0.193. The molecule has 0 unspecified atom stereocenters. The van der Waals surface area contributed by atoms with E-state index in [2.05, 4.69) is 60.8 Å². The number of rotatable bonds is 6. The van der Waals surface area contributed by atoms with E-state index in [0.29, 0.717) is 35.4 Å². The van der Waals surface area contributed by atoms with Gasteiger partial charge in [0.1, 0.15) is 18.2 Å². The molecule has 1 amide bonds. The fourth-order valence-electron chi connectivity index (χ4n) is 3.41. The molecule has 37 heavy (non-hydrogen) atoms. The average Bonchev–Trinajstić information content (AvgIpc) is 3.40. The standard InChI is InChI=1S/C24H33F3N6O3Si/c1-23(2,3)37(6,7)35-13-17-8-9-18(36-17)33-12-16(10-11-28-22(34)24(25,26)27)19-20(31-15-32(4)5)29-14-30-21(19)33/h12,14-15,17-18H,8-9,13H2,1-7H3,(H,28,34)/b31-15+/t17-,18+/m0/s1. The van der Waals surface area contributed by atoms with E-state index < -0.39 is 20.4 Å². The summed E-state index contributed by atoms with van der Waals surface area (Å²) in [6, 6.07) is 2.10. The number of nitrogens with zero attached hydrogens (tertiary/aromatic N) is 5. The van der Waals surface area contributed by atoms with Gasteiger partial charge in [-0.15, -0.1) is 0 Å². The predicted octanol–water partition coefficient (Wildman–Crippen LogP) is 4.34. The van der Waals surface area contributed by atoms with E-state index in [1.54, 1.807) is 41.4 Å². The van der Waals surface area contributed by atoms with Crippen molar-refractivity contribution in [1.82, 2.24) is 24.8 Å². The maximum Gasteiger partial charge on any atom is 0.472 e. The van der Waals surface area contributed by atoms with E-state index in [1.165, 1.54) is 6.33 Å². The van der Waals surface area contributed by atoms with Gasteiger partial charge in [-0.2, -0.15) is 13.2 Å². The minimum absolute atomic E-state index is 0.0805. The second-order valence-corrected chi connectivity index (χ2v) is 15.4. The Hall–Kier alpha value is -2.95. The van der Waals surface area contributed by atoms with Crippen molar-refractivity contribution in [1.29, 1.82) is 0 Å². The summed E-state index contributed by atoms with van der Waals surface area (Å²) in [5.74, 6) is 0.738. The van der Waals surface area contributed by atoms with Gasteiger partial charge in [-0.3, -0.25) is 10.1 Å². The molecule has 1 aliphatic rings. The summed E-state index contributed by atoms with van der Waals surface area (Å²) in [5, 5.41) is 2.09. The maximum absolute atomic E-state index is 12.6. The fourth-order valence-corrected chi connectivity index (χ4v) is 4.44. The van der Waals surface area contributed by atoms with Gasteiger partial charge in [-0.25, -0.2) is 15.0 Å². The number of aliphatic imine (C=N–C) groups is 1. The second-order valence-electron chi connectivity index (χ2n) is 10.6. The number of nitrogens with one attached hydrogen (secondary N) is 1. The molecule has 0 radical (unpaired) electrons. The van der Waals surface area contributed by atoms with Gasteiger partial charge in [0, 0.05) is 26.3 Å². The van der Waals surface area contributed by atoms with Gasteiger partial charge >= 0.3 is 12.1 Å². The number of amides is 1. The van der Waals surface area contributed by atoms with Gasteiger partial charge in [0.2, 0.25) is 0 Å². The Morgan fingerprint density at radius 1 is 1.32 bits per heavy atom. The number of carbonyl (C=O) groups excluding carboxylic acids is 1. The molecule has 3 heterocycles. The molecule has 2 atom stereocenters. The van der Waals surface area contributed by atoms with Gasteiger partial charge < -0.3 is 18.6 Å². The molecule has 13 heteroatoms. The molecule has 3 rings (SSSR count). The van der Waals surface area contributed by atoms with E-state index in [4.69, 9.17) is 9.16 Å². The van der Waals surface area contributed by atoms with Crippen LogP contribution in [0.2, 0.25) is 18.1 Å². The van der Waals surface area contributed by atoms with E-state index in [9.17, 15) is 18.0 Å². The van der Waals surface area contributed by atoms with Crippen molar-refractivity contribution in [2.75, 3.05) is 20.7 Å². The summed E-state index contributed by atoms with van der Waals surface area (Å²) in [4.78, 5) is 25.9. The molecule has 1 fully saturated rings. The van der Waals surface area contributed by atoms with Crippen LogP contribution in [0.25, 0.3) is 11.0 Å². The summed E-state index contributed by atoms with van der Waals surface area (Å²) in [6.07, 6.45) is 0.487. The average molecular weight is 539 g/mol. The maximum atomic E-state index is 12.6. The zero-order valence-corrected chi connectivity index (χ0v) is 23.1. The lowest BCUT2D eigenvalue weighted by Crippen LogP contribution is -2.42. The number of hydrogen-bond acceptors (Lipinski definition) is 6. The third-order valence-electron chi connectivity index (χ3n) is 6.46. The molecule has 0 aromatic carbocycles. The van der Waals surface area contributed by atoms with E-state index in [1.807, 2.05) is 0 Å². The number of hydrogen-bond donors (Lipinski definition) is 1. The van der Waals surface area contributed by atoms with Crippen molar-refractivity contribution in [3.8, 4) is 12.0 Å². The first-order valence-electron chi connectivity index (χ1n) is 11.8. The summed E-state index contributed by atoms with van der Waals surface area (Å²) in [6.45, 7) is 11.4. The van der Waals surface area contributed by atoms with E-state index in [-0.39, 0.29) is 17.4 Å². The largest absolute Gasteiger partial charge is 0.472 e. The first-order valence-corrected chi connectivity index (χ1v) is 14.7. The van der Waals surface area contributed by atoms with Crippen molar-refractivity contribution in [2.24, 2.45) is 4.99 Å². The molecule has 0 spiro atoms. The topological polar surface area (TPSA) is 93.9 Å². The first kappa shape index (κ1) is 28.6. The number of fused-ring (bicyclic) bond motifs is 1. The zero-order chi connectivity index (χ0) is 27.6. The normalized spacial score (nSPS) is 18.8. The summed E-state index contributed by atoms with van der Waals surface area (Å²) in [5.41, 5.74) is 0.789. The van der Waals surface area contributed by atoms with Crippen LogP contribution in [0.3, 0.4) is 0 Å². The third kappa shape index (κ3) is 6.88. The first-order chi connectivity index (χ1) is 17.1. The van der Waals surface area contributed by atoms with Crippen LogP contribution in [0.5, 0.6) is 0 Å². The fraction of sp³-hybridized carbons (Fsp3) is 0.583. The predicted molar refractivity (Wildman–Crippen MR) is 137 cm³/mol. The molecule has 1 saturated heterocycles. The Bertz CT molecular complexity index is 1220. The molecule has 2 aromatic heterocycles. The van der Waals surface area contributed by atoms with Gasteiger partial charge in [0.05, 0.1) is 30.0 Å². The highest BCUT2D eigenvalue weighted by atomic mass is 28.4. The van der Waals surface area contributed by atoms with Gasteiger partial charge in [0.15, 0.2) is 14.1 Å². The lowest BCUT2D eigenvalue weighted by molar-refractivity contribution is -0.172. The molecule has 0 bridgehead atoms. The summed E-state index contributed by atoms with van der Waals surface area (Å²) in [7, 11) is 1.64. The van der Waals surface area contributed by atoms with Crippen molar-refractivity contribution < 1.29 is 27.1 Å². The van der Waals surface area contributed by atoms with Crippen LogP contribution in [0.15, 0.2) is 17.5 Å². The monoisotopic (exact) mass is 538 g/mol. The smallest absolute Gasteiger partial charge is 0.414 e. The van der Waals surface area contributed by atoms with Crippen molar-refractivity contribution in [2.45, 2.75) is 70.3 Å². The molecular formula is C24H33F3N6O3Si. The highest BCUT2D eigenvalue weighted by molar-refractivity contribution is 6.74. The summed E-state index contributed by atoms with van der Waals surface area (Å²) < 4.78 is 52.1. The van der Waals surface area contributed by atoms with Crippen molar-refractivity contribution in [3.63, 3.8) is 0 Å². The lowest BCUT2D eigenvalue weighted by Gasteiger charge is -2.36.